The molecule has 4 rings (SSSR count). The van der Waals surface area contributed by atoms with E-state index in [9.17, 15) is 9.18 Å². The van der Waals surface area contributed by atoms with Gasteiger partial charge in [-0.05, 0) is 78.5 Å². The highest BCUT2D eigenvalue weighted by Gasteiger charge is 2.39. The molecule has 1 saturated carbocycles. The molecule has 3 nitrogen and oxygen atoms in total. The lowest BCUT2D eigenvalue weighted by Crippen LogP contribution is -2.21. The average Bonchev–Trinajstić information content (AvgIpc) is 3.38. The first-order valence-electron chi connectivity index (χ1n) is 10.1. The maximum absolute atomic E-state index is 14.9. The third-order valence-corrected chi connectivity index (χ3v) is 6.93. The highest BCUT2D eigenvalue weighted by Crippen LogP contribution is 2.48. The molecule has 2 aromatic rings. The zero-order chi connectivity index (χ0) is 20.8. The minimum atomic E-state index is -0.395. The first-order valence-corrected chi connectivity index (χ1v) is 10.8. The van der Waals surface area contributed by atoms with E-state index in [1.807, 2.05) is 12.1 Å². The highest BCUT2D eigenvalue weighted by atomic mass is 35.5. The summed E-state index contributed by atoms with van der Waals surface area (Å²) in [5.74, 6) is -0.208. The number of rotatable bonds is 5. The Hall–Kier alpha value is -1.78. The second kappa shape index (κ2) is 7.81. The van der Waals surface area contributed by atoms with Gasteiger partial charge in [-0.1, -0.05) is 37.0 Å². The van der Waals surface area contributed by atoms with Crippen LogP contribution < -0.4 is 10.6 Å². The van der Waals surface area contributed by atoms with Crippen molar-refractivity contribution in [1.29, 1.82) is 0 Å². The molecule has 1 fully saturated rings. The molecule has 0 heterocycles. The summed E-state index contributed by atoms with van der Waals surface area (Å²) in [5.41, 5.74) is 3.22. The van der Waals surface area contributed by atoms with Crippen molar-refractivity contribution in [3.63, 3.8) is 0 Å². The van der Waals surface area contributed by atoms with Gasteiger partial charge in [0.2, 0.25) is 5.91 Å². The van der Waals surface area contributed by atoms with E-state index < -0.39 is 5.82 Å². The number of amides is 1. The Labute approximate surface area is 181 Å². The average molecular weight is 435 g/mol. The Morgan fingerprint density at radius 3 is 2.59 bits per heavy atom. The zero-order valence-corrected chi connectivity index (χ0v) is 18.1. The van der Waals surface area contributed by atoms with Crippen molar-refractivity contribution >= 4 is 40.5 Å². The largest absolute Gasteiger partial charge is 0.378 e. The third kappa shape index (κ3) is 4.54. The molecule has 0 aromatic heterocycles. The van der Waals surface area contributed by atoms with Gasteiger partial charge in [0.15, 0.2) is 0 Å². The van der Waals surface area contributed by atoms with E-state index in [1.54, 1.807) is 18.2 Å². The van der Waals surface area contributed by atoms with Crippen LogP contribution in [0.1, 0.15) is 69.0 Å². The van der Waals surface area contributed by atoms with Crippen molar-refractivity contribution in [3.8, 4) is 0 Å². The molecular formula is C23H25Cl2FN2O. The molecule has 0 radical (unpaired) electrons. The normalized spacial score (nSPS) is 22.0. The second-order valence-electron chi connectivity index (χ2n) is 8.80. The van der Waals surface area contributed by atoms with Crippen LogP contribution in [0.25, 0.3) is 0 Å². The minimum absolute atomic E-state index is 0.0249. The van der Waals surface area contributed by atoms with Crippen molar-refractivity contribution in [3.05, 3.63) is 57.3 Å². The summed E-state index contributed by atoms with van der Waals surface area (Å²) in [6.45, 7) is 4.24. The summed E-state index contributed by atoms with van der Waals surface area (Å²) in [6, 6.07) is 8.75. The number of carbonyl (C=O) groups excluding carboxylic acids is 1. The predicted molar refractivity (Wildman–Crippen MR) is 117 cm³/mol. The van der Waals surface area contributed by atoms with Gasteiger partial charge in [-0.25, -0.2) is 4.39 Å². The fourth-order valence-electron chi connectivity index (χ4n) is 4.07. The number of fused-ring (bicyclic) bond motifs is 1. The third-order valence-electron chi connectivity index (χ3n) is 6.19. The molecule has 0 saturated heterocycles. The summed E-state index contributed by atoms with van der Waals surface area (Å²) in [6.07, 6.45) is 4.43. The molecule has 2 unspecified atom stereocenters. The van der Waals surface area contributed by atoms with E-state index in [-0.39, 0.29) is 23.1 Å². The first kappa shape index (κ1) is 20.5. The first-order chi connectivity index (χ1) is 13.7. The van der Waals surface area contributed by atoms with Gasteiger partial charge >= 0.3 is 0 Å². The van der Waals surface area contributed by atoms with Crippen molar-refractivity contribution in [2.75, 3.05) is 10.6 Å². The molecule has 1 amide bonds. The molecule has 0 spiro atoms. The molecule has 29 heavy (non-hydrogen) atoms. The van der Waals surface area contributed by atoms with Crippen LogP contribution in [0, 0.1) is 11.2 Å². The van der Waals surface area contributed by atoms with Crippen LogP contribution in [0.15, 0.2) is 30.3 Å². The topological polar surface area (TPSA) is 41.1 Å². The molecule has 2 aliphatic carbocycles. The van der Waals surface area contributed by atoms with Crippen LogP contribution in [0.4, 0.5) is 15.8 Å². The maximum atomic E-state index is 14.9. The number of hydrogen-bond acceptors (Lipinski definition) is 2. The Morgan fingerprint density at radius 1 is 1.14 bits per heavy atom. The lowest BCUT2D eigenvalue weighted by atomic mass is 9.80. The van der Waals surface area contributed by atoms with Gasteiger partial charge in [0.25, 0.3) is 0 Å². The molecule has 2 aromatic carbocycles. The lowest BCUT2D eigenvalue weighted by molar-refractivity contribution is -0.117. The van der Waals surface area contributed by atoms with E-state index >= 15 is 0 Å². The fourth-order valence-corrected chi connectivity index (χ4v) is 4.36. The number of anilines is 2. The van der Waals surface area contributed by atoms with Gasteiger partial charge in [0.1, 0.15) is 5.82 Å². The summed E-state index contributed by atoms with van der Waals surface area (Å²) in [7, 11) is 0. The molecule has 2 N–H and O–H groups in total. The monoisotopic (exact) mass is 434 g/mol. The predicted octanol–water partition coefficient (Wildman–Crippen LogP) is 7.31. The molecule has 0 aliphatic heterocycles. The van der Waals surface area contributed by atoms with Gasteiger partial charge in [-0.15, -0.1) is 0 Å². The van der Waals surface area contributed by atoms with E-state index in [4.69, 9.17) is 23.2 Å². The van der Waals surface area contributed by atoms with Gasteiger partial charge in [0, 0.05) is 12.1 Å². The molecule has 6 heteroatoms. The number of benzene rings is 2. The summed E-state index contributed by atoms with van der Waals surface area (Å²) >= 11 is 12.1. The summed E-state index contributed by atoms with van der Waals surface area (Å²) in [4.78, 5) is 12.3. The Balaban J connectivity index is 1.57. The molecular weight excluding hydrogens is 410 g/mol. The fraction of sp³-hybridized carbons (Fsp3) is 0.435. The van der Waals surface area contributed by atoms with Gasteiger partial charge < -0.3 is 10.6 Å². The van der Waals surface area contributed by atoms with E-state index in [2.05, 4.69) is 24.5 Å². The Morgan fingerprint density at radius 2 is 1.90 bits per heavy atom. The number of halogens is 3. The number of nitrogens with one attached hydrogen (secondary N) is 2. The van der Waals surface area contributed by atoms with Crippen LogP contribution in [0.2, 0.25) is 10.0 Å². The van der Waals surface area contributed by atoms with Gasteiger partial charge in [0.05, 0.1) is 21.8 Å². The lowest BCUT2D eigenvalue weighted by Gasteiger charge is -2.32. The smallest absolute Gasteiger partial charge is 0.224 e. The Bertz CT molecular complexity index is 958. The second-order valence-corrected chi connectivity index (χ2v) is 9.62. The van der Waals surface area contributed by atoms with Crippen molar-refractivity contribution in [2.45, 2.75) is 57.9 Å². The van der Waals surface area contributed by atoms with Crippen molar-refractivity contribution < 1.29 is 9.18 Å². The highest BCUT2D eigenvalue weighted by molar-refractivity contribution is 6.42. The maximum Gasteiger partial charge on any atom is 0.224 e. The number of hydrogen-bond donors (Lipinski definition) is 2. The van der Waals surface area contributed by atoms with Gasteiger partial charge in [-0.3, -0.25) is 4.79 Å². The van der Waals surface area contributed by atoms with Crippen molar-refractivity contribution in [1.82, 2.24) is 0 Å². The molecule has 0 bridgehead atoms. The van der Waals surface area contributed by atoms with Crippen LogP contribution >= 0.6 is 23.2 Å². The van der Waals surface area contributed by atoms with Crippen LogP contribution in [0.5, 0.6) is 0 Å². The van der Waals surface area contributed by atoms with Gasteiger partial charge in [-0.2, -0.15) is 0 Å². The van der Waals surface area contributed by atoms with Crippen LogP contribution in [-0.2, 0) is 4.79 Å². The van der Waals surface area contributed by atoms with Crippen LogP contribution in [-0.4, -0.2) is 5.91 Å². The number of carbonyl (C=O) groups is 1. The zero-order valence-electron chi connectivity index (χ0n) is 16.6. The van der Waals surface area contributed by atoms with E-state index in [0.29, 0.717) is 22.4 Å². The quantitative estimate of drug-likeness (QED) is 0.517. The SMILES string of the molecule is CC1CCC(Nc2ccc(Cl)c(Cl)c2)c2cc(F)c(NC(=O)CC3(C)CC3)cc21. The molecule has 154 valence electrons. The molecule has 2 atom stereocenters. The van der Waals surface area contributed by atoms with E-state index in [1.165, 1.54) is 0 Å². The standard InChI is InChI=1S/C23H25Cl2FN2O/c1-13-3-6-20(27-14-4-5-17(24)18(25)9-14)16-10-19(26)21(11-15(13)16)28-22(29)12-23(2)7-8-23/h4-5,9-11,13,20,27H,3,6-8,12H2,1-2H3,(H,28,29). The molecule has 2 aliphatic rings. The summed E-state index contributed by atoms with van der Waals surface area (Å²) < 4.78 is 14.9. The Kier molecular flexibility index (Phi) is 5.52. The van der Waals surface area contributed by atoms with E-state index in [0.717, 1.165) is 42.5 Å². The summed E-state index contributed by atoms with van der Waals surface area (Å²) in [5, 5.41) is 7.23. The minimum Gasteiger partial charge on any atom is -0.378 e. The van der Waals surface area contributed by atoms with Crippen molar-refractivity contribution in [2.24, 2.45) is 5.41 Å². The van der Waals surface area contributed by atoms with Crippen LogP contribution in [0.3, 0.4) is 0 Å².